The summed E-state index contributed by atoms with van der Waals surface area (Å²) in [5.74, 6) is -1.56. The van der Waals surface area contributed by atoms with Crippen molar-refractivity contribution in [3.8, 4) is 0 Å². The van der Waals surface area contributed by atoms with Gasteiger partial charge in [0.15, 0.2) is 0 Å². The molecule has 144 valence electrons. The lowest BCUT2D eigenvalue weighted by Crippen LogP contribution is -2.36. The van der Waals surface area contributed by atoms with Crippen LogP contribution in [0.3, 0.4) is 0 Å². The Morgan fingerprint density at radius 3 is 2.64 bits per heavy atom. The summed E-state index contributed by atoms with van der Waals surface area (Å²) in [6.45, 7) is 0.987. The number of carbonyl (C=O) groups excluding carboxylic acids is 2. The predicted octanol–water partition coefficient (Wildman–Crippen LogP) is 2.81. The van der Waals surface area contributed by atoms with Crippen molar-refractivity contribution in [2.75, 3.05) is 17.3 Å². The van der Waals surface area contributed by atoms with Crippen LogP contribution in [0.5, 0.6) is 0 Å². The van der Waals surface area contributed by atoms with Crippen LogP contribution in [0.2, 0.25) is 5.02 Å². The van der Waals surface area contributed by atoms with Crippen molar-refractivity contribution < 1.29 is 14.0 Å². The number of aromatic nitrogens is 2. The first kappa shape index (κ1) is 19.5. The average molecular weight is 403 g/mol. The van der Waals surface area contributed by atoms with Gasteiger partial charge in [-0.05, 0) is 30.3 Å². The summed E-state index contributed by atoms with van der Waals surface area (Å²) < 4.78 is 14.5. The normalized spacial score (nSPS) is 10.7. The zero-order valence-corrected chi connectivity index (χ0v) is 15.8. The Balaban J connectivity index is 2.00. The van der Waals surface area contributed by atoms with Crippen molar-refractivity contribution in [1.29, 1.82) is 0 Å². The molecule has 28 heavy (non-hydrogen) atoms. The maximum absolute atomic E-state index is 13.3. The van der Waals surface area contributed by atoms with Crippen LogP contribution in [-0.4, -0.2) is 28.4 Å². The van der Waals surface area contributed by atoms with E-state index >= 15 is 0 Å². The number of para-hydroxylation sites is 2. The van der Waals surface area contributed by atoms with Crippen LogP contribution < -0.4 is 15.8 Å². The Hall–Kier alpha value is -3.26. The Bertz CT molecular complexity index is 1150. The molecule has 9 heteroatoms. The number of amides is 2. The van der Waals surface area contributed by atoms with E-state index in [1.54, 1.807) is 24.3 Å². The number of benzene rings is 2. The van der Waals surface area contributed by atoms with Crippen LogP contribution in [0.25, 0.3) is 11.0 Å². The minimum Gasteiger partial charge on any atom is -0.324 e. The van der Waals surface area contributed by atoms with E-state index in [0.717, 1.165) is 11.0 Å². The second-order valence-electron chi connectivity index (χ2n) is 6.07. The molecule has 0 atom stereocenters. The molecule has 3 rings (SSSR count). The Morgan fingerprint density at radius 2 is 1.96 bits per heavy atom. The number of hydrogen-bond acceptors (Lipinski definition) is 4. The van der Waals surface area contributed by atoms with Gasteiger partial charge in [-0.2, -0.15) is 0 Å². The SMILES string of the molecule is CC(=O)N(C)c1nc2ccccc2n(CC(=O)Nc2ccc(F)c(Cl)c2)c1=O. The molecule has 0 bridgehead atoms. The minimum absolute atomic E-state index is 0.0798. The van der Waals surface area contributed by atoms with Gasteiger partial charge >= 0.3 is 0 Å². The van der Waals surface area contributed by atoms with Gasteiger partial charge in [0, 0.05) is 19.7 Å². The van der Waals surface area contributed by atoms with Gasteiger partial charge in [0.25, 0.3) is 5.56 Å². The first-order chi connectivity index (χ1) is 13.3. The van der Waals surface area contributed by atoms with Gasteiger partial charge in [-0.25, -0.2) is 9.37 Å². The van der Waals surface area contributed by atoms with E-state index in [0.29, 0.717) is 16.7 Å². The van der Waals surface area contributed by atoms with Crippen LogP contribution in [0.15, 0.2) is 47.3 Å². The van der Waals surface area contributed by atoms with Crippen LogP contribution in [0.4, 0.5) is 15.9 Å². The first-order valence-electron chi connectivity index (χ1n) is 8.26. The first-order valence-corrected chi connectivity index (χ1v) is 8.64. The number of rotatable bonds is 4. The van der Waals surface area contributed by atoms with Crippen molar-refractivity contribution in [3.63, 3.8) is 0 Å². The molecule has 0 aliphatic rings. The summed E-state index contributed by atoms with van der Waals surface area (Å²) in [5, 5.41) is 2.44. The third kappa shape index (κ3) is 3.86. The third-order valence-electron chi connectivity index (χ3n) is 4.13. The molecular formula is C19H16ClFN4O3. The average Bonchev–Trinajstić information content (AvgIpc) is 2.66. The lowest BCUT2D eigenvalue weighted by molar-refractivity contribution is -0.117. The highest BCUT2D eigenvalue weighted by Gasteiger charge is 2.18. The van der Waals surface area contributed by atoms with E-state index in [2.05, 4.69) is 10.3 Å². The van der Waals surface area contributed by atoms with Crippen LogP contribution in [-0.2, 0) is 16.1 Å². The molecule has 0 spiro atoms. The van der Waals surface area contributed by atoms with E-state index in [9.17, 15) is 18.8 Å². The molecular weight excluding hydrogens is 387 g/mol. The van der Waals surface area contributed by atoms with Gasteiger partial charge in [-0.3, -0.25) is 23.9 Å². The van der Waals surface area contributed by atoms with E-state index in [1.165, 1.54) is 30.7 Å². The number of anilines is 2. The predicted molar refractivity (Wildman–Crippen MR) is 105 cm³/mol. The number of nitrogens with zero attached hydrogens (tertiary/aromatic N) is 3. The topological polar surface area (TPSA) is 84.3 Å². The summed E-state index contributed by atoms with van der Waals surface area (Å²) >= 11 is 5.72. The highest BCUT2D eigenvalue weighted by atomic mass is 35.5. The Kier molecular flexibility index (Phi) is 5.41. The van der Waals surface area contributed by atoms with Gasteiger partial charge in [0.1, 0.15) is 12.4 Å². The molecule has 0 saturated carbocycles. The molecule has 1 aromatic heterocycles. The second kappa shape index (κ2) is 7.77. The fourth-order valence-corrected chi connectivity index (χ4v) is 2.80. The molecule has 0 unspecified atom stereocenters. The smallest absolute Gasteiger partial charge is 0.294 e. The summed E-state index contributed by atoms with van der Waals surface area (Å²) in [4.78, 5) is 42.4. The number of hydrogen-bond donors (Lipinski definition) is 1. The fourth-order valence-electron chi connectivity index (χ4n) is 2.62. The number of carbonyl (C=O) groups is 2. The van der Waals surface area contributed by atoms with Crippen molar-refractivity contribution in [3.05, 3.63) is 63.7 Å². The van der Waals surface area contributed by atoms with Gasteiger partial charge in [0.2, 0.25) is 17.6 Å². The maximum atomic E-state index is 13.3. The van der Waals surface area contributed by atoms with Gasteiger partial charge in [-0.1, -0.05) is 23.7 Å². The van der Waals surface area contributed by atoms with Crippen molar-refractivity contribution in [2.45, 2.75) is 13.5 Å². The van der Waals surface area contributed by atoms with Crippen LogP contribution >= 0.6 is 11.6 Å². The van der Waals surface area contributed by atoms with E-state index in [4.69, 9.17) is 11.6 Å². The summed E-state index contributed by atoms with van der Waals surface area (Å²) in [6.07, 6.45) is 0. The number of fused-ring (bicyclic) bond motifs is 1. The molecule has 7 nitrogen and oxygen atoms in total. The van der Waals surface area contributed by atoms with E-state index < -0.39 is 17.3 Å². The highest BCUT2D eigenvalue weighted by molar-refractivity contribution is 6.31. The molecule has 1 heterocycles. The summed E-state index contributed by atoms with van der Waals surface area (Å²) in [5.41, 5.74) is 0.621. The molecule has 0 radical (unpaired) electrons. The Labute approximate surface area is 164 Å². The number of nitrogens with one attached hydrogen (secondary N) is 1. The Morgan fingerprint density at radius 1 is 1.25 bits per heavy atom. The monoisotopic (exact) mass is 402 g/mol. The standard InChI is InChI=1S/C19H16ClFN4O3/c1-11(26)24(2)18-19(28)25(16-6-4-3-5-15(16)23-18)10-17(27)22-12-7-8-14(21)13(20)9-12/h3-9H,10H2,1-2H3,(H,22,27). The molecule has 2 aromatic carbocycles. The van der Waals surface area contributed by atoms with Crippen molar-refractivity contribution in [2.24, 2.45) is 0 Å². The maximum Gasteiger partial charge on any atom is 0.294 e. The molecule has 1 N–H and O–H groups in total. The molecule has 3 aromatic rings. The van der Waals surface area contributed by atoms with Crippen molar-refractivity contribution in [1.82, 2.24) is 9.55 Å². The second-order valence-corrected chi connectivity index (χ2v) is 6.48. The number of halogens is 2. The molecule has 0 fully saturated rings. The van der Waals surface area contributed by atoms with Gasteiger partial charge in [0.05, 0.1) is 16.1 Å². The third-order valence-corrected chi connectivity index (χ3v) is 4.42. The van der Waals surface area contributed by atoms with Crippen LogP contribution in [0.1, 0.15) is 6.92 Å². The molecule has 0 saturated heterocycles. The van der Waals surface area contributed by atoms with Gasteiger partial charge in [-0.15, -0.1) is 0 Å². The molecule has 0 aliphatic carbocycles. The largest absolute Gasteiger partial charge is 0.324 e. The molecule has 0 aliphatic heterocycles. The quantitative estimate of drug-likeness (QED) is 0.727. The highest BCUT2D eigenvalue weighted by Crippen LogP contribution is 2.19. The summed E-state index contributed by atoms with van der Waals surface area (Å²) in [6, 6.07) is 10.6. The van der Waals surface area contributed by atoms with Gasteiger partial charge < -0.3 is 5.32 Å². The van der Waals surface area contributed by atoms with E-state index in [1.807, 2.05) is 0 Å². The lowest BCUT2D eigenvalue weighted by Gasteiger charge is -2.17. The minimum atomic E-state index is -0.604. The van der Waals surface area contributed by atoms with Crippen molar-refractivity contribution >= 4 is 46.0 Å². The lowest BCUT2D eigenvalue weighted by atomic mass is 10.2. The molecule has 2 amide bonds. The van der Waals surface area contributed by atoms with Crippen LogP contribution in [0, 0.1) is 5.82 Å². The zero-order valence-electron chi connectivity index (χ0n) is 15.1. The summed E-state index contributed by atoms with van der Waals surface area (Å²) in [7, 11) is 1.44. The zero-order chi connectivity index (χ0) is 20.4. The van der Waals surface area contributed by atoms with E-state index in [-0.39, 0.29) is 23.3 Å². The fraction of sp³-hybridized carbons (Fsp3) is 0.158.